The van der Waals surface area contributed by atoms with Gasteiger partial charge in [-0.3, -0.25) is 0 Å². The lowest BCUT2D eigenvalue weighted by atomic mass is 9.78. The number of carbonyl (C=O) groups is 2. The molecule has 0 atom stereocenters. The van der Waals surface area contributed by atoms with Gasteiger partial charge in [0.1, 0.15) is 0 Å². The Hall–Kier alpha value is -2.36. The molecule has 0 saturated heterocycles. The van der Waals surface area contributed by atoms with Crippen molar-refractivity contribution in [1.82, 2.24) is 0 Å². The topological polar surface area (TPSA) is 63.6 Å². The highest BCUT2D eigenvalue weighted by Gasteiger charge is 2.21. The Morgan fingerprint density at radius 3 is 2.33 bits per heavy atom. The summed E-state index contributed by atoms with van der Waals surface area (Å²) in [6.07, 6.45) is 8.16. The van der Waals surface area contributed by atoms with Gasteiger partial charge in [-0.05, 0) is 61.6 Å². The lowest BCUT2D eigenvalue weighted by molar-refractivity contribution is -0.139. The van der Waals surface area contributed by atoms with E-state index >= 15 is 0 Å². The van der Waals surface area contributed by atoms with Crippen molar-refractivity contribution in [3.63, 3.8) is 0 Å². The van der Waals surface area contributed by atoms with Crippen LogP contribution in [0.15, 0.2) is 42.0 Å². The van der Waals surface area contributed by atoms with Crippen LogP contribution < -0.4 is 0 Å². The minimum absolute atomic E-state index is 0.0303. The highest BCUT2D eigenvalue weighted by molar-refractivity contribution is 5.92. The molecule has 1 saturated carbocycles. The zero-order valence-corrected chi connectivity index (χ0v) is 16.4. The molecule has 1 aliphatic carbocycles. The number of carbonyl (C=O) groups excluding carboxylic acids is 1. The number of benzene rings is 1. The molecule has 1 N–H and O–H groups in total. The average molecular weight is 370 g/mol. The van der Waals surface area contributed by atoms with Crippen LogP contribution in [0.1, 0.15) is 69.4 Å². The molecule has 4 nitrogen and oxygen atoms in total. The van der Waals surface area contributed by atoms with Gasteiger partial charge in [0.2, 0.25) is 0 Å². The molecule has 0 amide bonds. The third kappa shape index (κ3) is 6.38. The molecule has 2 rings (SSSR count). The molecule has 0 bridgehead atoms. The highest BCUT2D eigenvalue weighted by atomic mass is 16.5. The number of carboxylic acid groups (broad SMARTS) is 1. The molecular formula is C23H30O4. The summed E-state index contributed by atoms with van der Waals surface area (Å²) >= 11 is 0. The minimum atomic E-state index is -0.997. The molecule has 1 aromatic carbocycles. The first-order valence-electron chi connectivity index (χ1n) is 9.77. The molecule has 0 unspecified atom stereocenters. The van der Waals surface area contributed by atoms with Crippen LogP contribution in [0.25, 0.3) is 6.08 Å². The Bertz CT molecular complexity index is 692. The number of ether oxygens (including phenoxy) is 1. The lowest BCUT2D eigenvalue weighted by Gasteiger charge is -2.28. The van der Waals surface area contributed by atoms with Gasteiger partial charge in [-0.2, -0.15) is 0 Å². The van der Waals surface area contributed by atoms with Crippen molar-refractivity contribution in [3.8, 4) is 0 Å². The van der Waals surface area contributed by atoms with E-state index < -0.39 is 11.9 Å². The van der Waals surface area contributed by atoms with Gasteiger partial charge >= 0.3 is 11.9 Å². The van der Waals surface area contributed by atoms with E-state index in [1.165, 1.54) is 37.7 Å². The largest absolute Gasteiger partial charge is 0.478 e. The minimum Gasteiger partial charge on any atom is -0.478 e. The molecule has 27 heavy (non-hydrogen) atoms. The lowest BCUT2D eigenvalue weighted by Crippen LogP contribution is -2.12. The fourth-order valence-corrected chi connectivity index (χ4v) is 3.59. The van der Waals surface area contributed by atoms with Gasteiger partial charge in [-0.25, -0.2) is 9.59 Å². The fraction of sp³-hybridized carbons (Fsp3) is 0.478. The number of carboxylic acids is 1. The number of hydrogen-bond acceptors (Lipinski definition) is 3. The standard InChI is InChI=1S/C23H30O4/c1-4-17-5-9-19(10-6-17)20-11-7-18(8-12-20)15-21(22(24)25)13-14-27-23(26)16(2)3/h7-8,11-12,15,17,19H,2,4-6,9-10,13-14H2,1,3H3,(H,24,25). The van der Waals surface area contributed by atoms with Crippen LogP contribution >= 0.6 is 0 Å². The van der Waals surface area contributed by atoms with Gasteiger partial charge in [0, 0.05) is 17.6 Å². The molecule has 0 aliphatic heterocycles. The van der Waals surface area contributed by atoms with Crippen molar-refractivity contribution in [1.29, 1.82) is 0 Å². The average Bonchev–Trinajstić information content (AvgIpc) is 2.67. The molecule has 0 aromatic heterocycles. The van der Waals surface area contributed by atoms with Crippen molar-refractivity contribution >= 4 is 18.0 Å². The first-order chi connectivity index (χ1) is 12.9. The summed E-state index contributed by atoms with van der Waals surface area (Å²) in [7, 11) is 0. The van der Waals surface area contributed by atoms with Crippen LogP contribution in [-0.2, 0) is 14.3 Å². The van der Waals surface area contributed by atoms with Gasteiger partial charge < -0.3 is 9.84 Å². The first-order valence-corrected chi connectivity index (χ1v) is 9.77. The maximum absolute atomic E-state index is 11.5. The molecule has 1 fully saturated rings. The molecule has 4 heteroatoms. The summed E-state index contributed by atoms with van der Waals surface area (Å²) in [6.45, 7) is 7.37. The number of esters is 1. The quantitative estimate of drug-likeness (QED) is 0.495. The summed E-state index contributed by atoms with van der Waals surface area (Å²) in [5.74, 6) is -0.00267. The predicted molar refractivity (Wildman–Crippen MR) is 107 cm³/mol. The normalized spacial score (nSPS) is 20.1. The van der Waals surface area contributed by atoms with E-state index in [9.17, 15) is 14.7 Å². The van der Waals surface area contributed by atoms with Crippen LogP contribution in [0.2, 0.25) is 0 Å². The highest BCUT2D eigenvalue weighted by Crippen LogP contribution is 2.37. The molecule has 0 heterocycles. The summed E-state index contributed by atoms with van der Waals surface area (Å²) in [5, 5.41) is 9.39. The van der Waals surface area contributed by atoms with E-state index in [0.717, 1.165) is 11.5 Å². The van der Waals surface area contributed by atoms with Crippen molar-refractivity contribution in [2.24, 2.45) is 5.92 Å². The second-order valence-corrected chi connectivity index (χ2v) is 7.43. The Balaban J connectivity index is 1.97. The maximum Gasteiger partial charge on any atom is 0.333 e. The van der Waals surface area contributed by atoms with E-state index in [0.29, 0.717) is 11.5 Å². The fourth-order valence-electron chi connectivity index (χ4n) is 3.59. The van der Waals surface area contributed by atoms with Gasteiger partial charge in [-0.1, -0.05) is 44.2 Å². The zero-order chi connectivity index (χ0) is 19.8. The predicted octanol–water partition coefficient (Wildman–Crippen LogP) is 5.35. The summed E-state index contributed by atoms with van der Waals surface area (Å²) < 4.78 is 5.00. The molecular weight excluding hydrogens is 340 g/mol. The Labute approximate surface area is 161 Å². The number of aliphatic carboxylic acids is 1. The third-order valence-corrected chi connectivity index (χ3v) is 5.40. The summed E-state index contributed by atoms with van der Waals surface area (Å²) in [5.41, 5.74) is 2.72. The second-order valence-electron chi connectivity index (χ2n) is 7.43. The van der Waals surface area contributed by atoms with Gasteiger partial charge in [-0.15, -0.1) is 0 Å². The third-order valence-electron chi connectivity index (χ3n) is 5.40. The zero-order valence-electron chi connectivity index (χ0n) is 16.4. The Morgan fingerprint density at radius 1 is 1.19 bits per heavy atom. The molecule has 1 aliphatic rings. The van der Waals surface area contributed by atoms with Crippen LogP contribution in [0.3, 0.4) is 0 Å². The molecule has 0 radical (unpaired) electrons. The molecule has 0 spiro atoms. The van der Waals surface area contributed by atoms with Gasteiger partial charge in [0.25, 0.3) is 0 Å². The van der Waals surface area contributed by atoms with Crippen molar-refractivity contribution in [2.45, 2.75) is 58.3 Å². The monoisotopic (exact) mass is 370 g/mol. The van der Waals surface area contributed by atoms with E-state index in [1.54, 1.807) is 13.0 Å². The van der Waals surface area contributed by atoms with Crippen LogP contribution in [0, 0.1) is 5.92 Å². The smallest absolute Gasteiger partial charge is 0.333 e. The van der Waals surface area contributed by atoms with E-state index in [2.05, 4.69) is 25.6 Å². The number of hydrogen-bond donors (Lipinski definition) is 1. The number of rotatable bonds is 8. The summed E-state index contributed by atoms with van der Waals surface area (Å²) in [4.78, 5) is 22.9. The Morgan fingerprint density at radius 2 is 1.81 bits per heavy atom. The van der Waals surface area contributed by atoms with Crippen molar-refractivity contribution in [2.75, 3.05) is 6.61 Å². The van der Waals surface area contributed by atoms with E-state index in [1.807, 2.05) is 12.1 Å². The second kappa shape index (κ2) is 10.1. The summed E-state index contributed by atoms with van der Waals surface area (Å²) in [6, 6.07) is 8.18. The Kier molecular flexibility index (Phi) is 7.83. The van der Waals surface area contributed by atoms with Crippen LogP contribution in [-0.4, -0.2) is 23.7 Å². The van der Waals surface area contributed by atoms with Gasteiger partial charge in [0.15, 0.2) is 0 Å². The van der Waals surface area contributed by atoms with Crippen molar-refractivity contribution in [3.05, 3.63) is 53.1 Å². The van der Waals surface area contributed by atoms with E-state index in [4.69, 9.17) is 4.74 Å². The molecule has 146 valence electrons. The first kappa shape index (κ1) is 20.9. The van der Waals surface area contributed by atoms with Crippen LogP contribution in [0.4, 0.5) is 0 Å². The van der Waals surface area contributed by atoms with Crippen LogP contribution in [0.5, 0.6) is 0 Å². The maximum atomic E-state index is 11.5. The van der Waals surface area contributed by atoms with Crippen molar-refractivity contribution < 1.29 is 19.4 Å². The van der Waals surface area contributed by atoms with Gasteiger partial charge in [0.05, 0.1) is 6.61 Å². The molecule has 1 aromatic rings. The van der Waals surface area contributed by atoms with E-state index in [-0.39, 0.29) is 18.6 Å². The SMILES string of the molecule is C=C(C)C(=O)OCCC(=Cc1ccc(C2CCC(CC)CC2)cc1)C(=O)O.